The minimum atomic E-state index is 0. The van der Waals surface area contributed by atoms with Crippen molar-refractivity contribution in [2.45, 2.75) is 39.2 Å². The second-order valence-corrected chi connectivity index (χ2v) is 7.63. The monoisotopic (exact) mass is 535 g/mol. The Bertz CT molecular complexity index is 1100. The number of methoxy groups -OCH3 is 4. The molecule has 0 unspecified atom stereocenters. The van der Waals surface area contributed by atoms with Crippen molar-refractivity contribution in [3.63, 3.8) is 0 Å². The first kappa shape index (κ1) is 23.4. The highest BCUT2D eigenvalue weighted by atomic mass is 127. The van der Waals surface area contributed by atoms with E-state index in [1.165, 1.54) is 27.8 Å². The summed E-state index contributed by atoms with van der Waals surface area (Å²) < 4.78 is 24.9. The molecule has 2 heterocycles. The van der Waals surface area contributed by atoms with Gasteiger partial charge in [-0.3, -0.25) is 0 Å². The van der Waals surface area contributed by atoms with Crippen molar-refractivity contribution in [2.24, 2.45) is 0 Å². The van der Waals surface area contributed by atoms with Gasteiger partial charge >= 0.3 is 0 Å². The van der Waals surface area contributed by atoms with Gasteiger partial charge in [0.05, 0.1) is 39.4 Å². The summed E-state index contributed by atoms with van der Waals surface area (Å²) in [5, 5.41) is 2.31. The lowest BCUT2D eigenvalue weighted by Crippen LogP contribution is -3.00. The van der Waals surface area contributed by atoms with Crippen LogP contribution in [-0.4, -0.2) is 28.4 Å². The zero-order valence-electron chi connectivity index (χ0n) is 18.9. The molecule has 0 saturated carbocycles. The van der Waals surface area contributed by atoms with Crippen molar-refractivity contribution >= 4 is 10.8 Å². The van der Waals surface area contributed by atoms with Gasteiger partial charge in [-0.15, -0.1) is 0 Å². The van der Waals surface area contributed by atoms with Crippen molar-refractivity contribution < 1.29 is 47.5 Å². The van der Waals surface area contributed by atoms with Crippen LogP contribution in [0.5, 0.6) is 23.0 Å². The molecule has 0 spiro atoms. The molecular formula is C25H30INO4. The molecule has 0 N–H and O–H groups in total. The van der Waals surface area contributed by atoms with Crippen LogP contribution in [0.25, 0.3) is 22.0 Å². The lowest BCUT2D eigenvalue weighted by Gasteiger charge is -2.22. The van der Waals surface area contributed by atoms with Crippen LogP contribution in [0.2, 0.25) is 0 Å². The van der Waals surface area contributed by atoms with Crippen LogP contribution in [0, 0.1) is 0 Å². The zero-order chi connectivity index (χ0) is 21.3. The summed E-state index contributed by atoms with van der Waals surface area (Å²) in [6, 6.07) is 8.42. The van der Waals surface area contributed by atoms with Gasteiger partial charge < -0.3 is 42.9 Å². The van der Waals surface area contributed by atoms with Crippen molar-refractivity contribution in [2.75, 3.05) is 28.4 Å². The molecule has 0 radical (unpaired) electrons. The summed E-state index contributed by atoms with van der Waals surface area (Å²) in [7, 11) is 6.77. The molecular weight excluding hydrogens is 505 g/mol. The van der Waals surface area contributed by atoms with Gasteiger partial charge in [0, 0.05) is 17.4 Å². The number of hydrogen-bond acceptors (Lipinski definition) is 4. The molecule has 1 aromatic heterocycles. The van der Waals surface area contributed by atoms with Crippen LogP contribution < -0.4 is 47.5 Å². The van der Waals surface area contributed by atoms with Gasteiger partial charge in [0.2, 0.25) is 5.69 Å². The van der Waals surface area contributed by atoms with Gasteiger partial charge in [0.15, 0.2) is 35.7 Å². The van der Waals surface area contributed by atoms with Gasteiger partial charge in [-0.05, 0) is 42.7 Å². The minimum absolute atomic E-state index is 0. The van der Waals surface area contributed by atoms with E-state index in [0.29, 0.717) is 0 Å². The first-order valence-electron chi connectivity index (χ1n) is 10.5. The topological polar surface area (TPSA) is 40.8 Å². The fourth-order valence-electron chi connectivity index (χ4n) is 4.55. The number of benzene rings is 2. The summed E-state index contributed by atoms with van der Waals surface area (Å²) in [5.74, 6) is 3.10. The number of pyridine rings is 1. The number of fused-ring (bicyclic) bond motifs is 4. The highest BCUT2D eigenvalue weighted by molar-refractivity contribution is 5.95. The third-order valence-electron chi connectivity index (χ3n) is 6.03. The average Bonchev–Trinajstić information content (AvgIpc) is 2.79. The zero-order valence-corrected chi connectivity index (χ0v) is 21.0. The number of rotatable bonds is 7. The Hall–Kier alpha value is -2.22. The number of unbranched alkanes of at least 4 members (excludes halogenated alkanes) is 1. The molecule has 0 fully saturated rings. The van der Waals surface area contributed by atoms with Crippen LogP contribution in [0.15, 0.2) is 30.5 Å². The molecule has 0 saturated heterocycles. The standard InChI is InChI=1S/C25H30NO4.HI/c1-6-7-8-18-17-9-10-21(27-2)25(30-5)20(17)15-26-12-11-16-13-22(28-3)23(29-4)14-19(16)24(18)26;/h9-10,13-15H,6-8,11-12H2,1-5H3;1H/q+1;/p-1. The van der Waals surface area contributed by atoms with E-state index >= 15 is 0 Å². The van der Waals surface area contributed by atoms with Gasteiger partial charge in [-0.25, -0.2) is 0 Å². The second-order valence-electron chi connectivity index (χ2n) is 7.63. The van der Waals surface area contributed by atoms with Crippen LogP contribution >= 0.6 is 0 Å². The first-order chi connectivity index (χ1) is 14.7. The van der Waals surface area contributed by atoms with E-state index in [4.69, 9.17) is 18.9 Å². The Balaban J connectivity index is 0.00000272. The minimum Gasteiger partial charge on any atom is -1.00 e. The van der Waals surface area contributed by atoms with Gasteiger partial charge in [-0.2, -0.15) is 4.57 Å². The number of halogens is 1. The molecule has 166 valence electrons. The molecule has 0 amide bonds. The third-order valence-corrected chi connectivity index (χ3v) is 6.03. The molecule has 2 aromatic carbocycles. The maximum atomic E-state index is 5.76. The van der Waals surface area contributed by atoms with E-state index in [1.54, 1.807) is 28.4 Å². The smallest absolute Gasteiger partial charge is 0.216 e. The molecule has 5 nitrogen and oxygen atoms in total. The SMILES string of the molecule is CCCCc1c2[n+](cc3c(OC)c(OC)ccc13)CCc1cc(OC)c(OC)cc1-2.[I-]. The average molecular weight is 535 g/mol. The number of hydrogen-bond donors (Lipinski definition) is 0. The van der Waals surface area contributed by atoms with Crippen molar-refractivity contribution in [3.8, 4) is 34.3 Å². The van der Waals surface area contributed by atoms with Crippen LogP contribution in [0.4, 0.5) is 0 Å². The summed E-state index contributed by atoms with van der Waals surface area (Å²) in [5.41, 5.74) is 5.14. The van der Waals surface area contributed by atoms with Crippen molar-refractivity contribution in [1.82, 2.24) is 0 Å². The Morgan fingerprint density at radius 3 is 2.23 bits per heavy atom. The normalized spacial score (nSPS) is 11.9. The van der Waals surface area contributed by atoms with Gasteiger partial charge in [-0.1, -0.05) is 13.3 Å². The van der Waals surface area contributed by atoms with E-state index < -0.39 is 0 Å². The lowest BCUT2D eigenvalue weighted by atomic mass is 9.89. The van der Waals surface area contributed by atoms with Gasteiger partial charge in [0.25, 0.3) is 0 Å². The summed E-state index contributed by atoms with van der Waals surface area (Å²) in [4.78, 5) is 0. The number of aromatic nitrogens is 1. The quantitative estimate of drug-likeness (QED) is 0.342. The maximum absolute atomic E-state index is 5.76. The Kier molecular flexibility index (Phi) is 7.51. The number of ether oxygens (including phenoxy) is 4. The van der Waals surface area contributed by atoms with E-state index in [2.05, 4.69) is 35.9 Å². The Labute approximate surface area is 201 Å². The predicted octanol–water partition coefficient (Wildman–Crippen LogP) is 1.73. The second kappa shape index (κ2) is 9.94. The van der Waals surface area contributed by atoms with Crippen molar-refractivity contribution in [1.29, 1.82) is 0 Å². The highest BCUT2D eigenvalue weighted by Gasteiger charge is 2.31. The summed E-state index contributed by atoms with van der Waals surface area (Å²) >= 11 is 0. The van der Waals surface area contributed by atoms with Crippen molar-refractivity contribution in [3.05, 3.63) is 41.6 Å². The molecule has 0 aliphatic carbocycles. The molecule has 3 aromatic rings. The van der Waals surface area contributed by atoms with Gasteiger partial charge in [0.1, 0.15) is 0 Å². The van der Waals surface area contributed by atoms with E-state index in [1.807, 2.05) is 6.07 Å². The van der Waals surface area contributed by atoms with E-state index in [-0.39, 0.29) is 24.0 Å². The molecule has 0 bridgehead atoms. The van der Waals surface area contributed by atoms with E-state index in [9.17, 15) is 0 Å². The van der Waals surface area contributed by atoms with E-state index in [0.717, 1.165) is 60.6 Å². The first-order valence-corrected chi connectivity index (χ1v) is 10.5. The molecule has 4 rings (SSSR count). The molecule has 0 atom stereocenters. The number of aryl methyl sites for hydroxylation is 3. The molecule has 31 heavy (non-hydrogen) atoms. The maximum Gasteiger partial charge on any atom is 0.216 e. The largest absolute Gasteiger partial charge is 1.00 e. The Morgan fingerprint density at radius 1 is 0.871 bits per heavy atom. The predicted molar refractivity (Wildman–Crippen MR) is 118 cm³/mol. The molecule has 6 heteroatoms. The summed E-state index contributed by atoms with van der Waals surface area (Å²) in [6.07, 6.45) is 6.43. The third kappa shape index (κ3) is 4.02. The fraction of sp³-hybridized carbons (Fsp3) is 0.400. The number of nitrogens with zero attached hydrogens (tertiary/aromatic N) is 1. The Morgan fingerprint density at radius 2 is 1.58 bits per heavy atom. The van der Waals surface area contributed by atoms with Crippen LogP contribution in [-0.2, 0) is 19.4 Å². The van der Waals surface area contributed by atoms with Crippen LogP contribution in [0.1, 0.15) is 30.9 Å². The molecule has 1 aliphatic rings. The lowest BCUT2D eigenvalue weighted by molar-refractivity contribution is -0.686. The van der Waals surface area contributed by atoms with Crippen LogP contribution in [0.3, 0.4) is 0 Å². The molecule has 1 aliphatic heterocycles. The highest BCUT2D eigenvalue weighted by Crippen LogP contribution is 2.42. The fourth-order valence-corrected chi connectivity index (χ4v) is 4.55. The summed E-state index contributed by atoms with van der Waals surface area (Å²) in [6.45, 7) is 3.14.